The number of carboxylic acid groups (broad SMARTS) is 1. The van der Waals surface area contributed by atoms with Gasteiger partial charge in [-0.15, -0.1) is 0 Å². The Balaban J connectivity index is 1.73. The summed E-state index contributed by atoms with van der Waals surface area (Å²) in [6, 6.07) is 3.31. The minimum Gasteiger partial charge on any atom is -0.464 e. The largest absolute Gasteiger partial charge is 0.464 e. The molecule has 4 aromatic rings. The van der Waals surface area contributed by atoms with Gasteiger partial charge in [-0.05, 0) is 45.7 Å². The standard InChI is InChI=1S/C25H30N8O6S/c1-25(2,3)39-24(36)33(23(34)35)22-19-16(18-6-5-17(26)20-27-9-12-31(18)20)13-32(21(19)28-14-29-22)15-7-10-30(11-8-15)40(4,37)38/h5-6,9,12-15H,7-8,10-11,26H2,1-4H3,(H,34,35). The molecule has 1 fully saturated rings. The highest BCUT2D eigenvalue weighted by Gasteiger charge is 2.35. The molecule has 0 aliphatic carbocycles. The number of rotatable bonds is 4. The highest BCUT2D eigenvalue weighted by molar-refractivity contribution is 7.88. The third kappa shape index (κ3) is 4.93. The summed E-state index contributed by atoms with van der Waals surface area (Å²) >= 11 is 0. The van der Waals surface area contributed by atoms with Crippen molar-refractivity contribution in [1.82, 2.24) is 28.2 Å². The molecule has 4 aromatic heterocycles. The number of carbonyl (C=O) groups is 2. The summed E-state index contributed by atoms with van der Waals surface area (Å²) in [5.41, 5.74) is 7.66. The molecule has 15 heteroatoms. The lowest BCUT2D eigenvalue weighted by Crippen LogP contribution is -2.41. The van der Waals surface area contributed by atoms with Gasteiger partial charge in [-0.1, -0.05) is 0 Å². The number of piperidine rings is 1. The number of nitrogens with zero attached hydrogens (tertiary/aromatic N) is 7. The second-order valence-corrected chi connectivity index (χ2v) is 12.6. The second-order valence-electron chi connectivity index (χ2n) is 10.6. The molecule has 3 N–H and O–H groups in total. The van der Waals surface area contributed by atoms with E-state index in [9.17, 15) is 23.1 Å². The Labute approximate surface area is 230 Å². The van der Waals surface area contributed by atoms with Crippen molar-refractivity contribution in [2.45, 2.75) is 45.3 Å². The molecule has 0 spiro atoms. The summed E-state index contributed by atoms with van der Waals surface area (Å²) in [4.78, 5) is 39.1. The molecule has 14 nitrogen and oxygen atoms in total. The number of fused-ring (bicyclic) bond motifs is 2. The summed E-state index contributed by atoms with van der Waals surface area (Å²) in [6.45, 7) is 5.55. The van der Waals surface area contributed by atoms with E-state index < -0.39 is 27.8 Å². The van der Waals surface area contributed by atoms with Crippen LogP contribution in [0.15, 0.2) is 37.1 Å². The Morgan fingerprint density at radius 1 is 1.12 bits per heavy atom. The number of anilines is 2. The molecule has 1 saturated heterocycles. The van der Waals surface area contributed by atoms with Gasteiger partial charge in [0.05, 0.1) is 23.0 Å². The van der Waals surface area contributed by atoms with E-state index in [0.29, 0.717) is 64.5 Å². The molecule has 5 heterocycles. The molecular formula is C25H30N8O6S. The van der Waals surface area contributed by atoms with Gasteiger partial charge in [0.15, 0.2) is 11.5 Å². The summed E-state index contributed by atoms with van der Waals surface area (Å²) in [5.74, 6) is -0.167. The number of imidazole rings is 1. The van der Waals surface area contributed by atoms with Crippen LogP contribution < -0.4 is 10.6 Å². The van der Waals surface area contributed by atoms with Gasteiger partial charge in [0, 0.05) is 43.3 Å². The number of sulfonamides is 1. The minimum absolute atomic E-state index is 0.149. The fourth-order valence-corrected chi connectivity index (χ4v) is 5.85. The molecule has 0 bridgehead atoms. The first-order chi connectivity index (χ1) is 18.8. The predicted octanol–water partition coefficient (Wildman–Crippen LogP) is 3.34. The smallest absolute Gasteiger partial charge is 0.425 e. The first-order valence-corrected chi connectivity index (χ1v) is 14.4. The Bertz CT molecular complexity index is 1730. The molecule has 0 atom stereocenters. The Kier molecular flexibility index (Phi) is 6.66. The van der Waals surface area contributed by atoms with Crippen LogP contribution in [-0.4, -0.2) is 78.9 Å². The monoisotopic (exact) mass is 570 g/mol. The Hall–Kier alpha value is -4.24. The maximum atomic E-state index is 13.1. The SMILES string of the molecule is CC(C)(C)OC(=O)N(C(=O)O)c1ncnc2c1c(-c1ccc(N)c3nccn13)cn2C1CCN(S(C)(=O)=O)CC1. The number of pyridine rings is 1. The predicted molar refractivity (Wildman–Crippen MR) is 148 cm³/mol. The van der Waals surface area contributed by atoms with E-state index in [-0.39, 0.29) is 11.9 Å². The van der Waals surface area contributed by atoms with Gasteiger partial charge in [-0.3, -0.25) is 4.40 Å². The van der Waals surface area contributed by atoms with Crippen LogP contribution in [0.5, 0.6) is 0 Å². The summed E-state index contributed by atoms with van der Waals surface area (Å²) in [7, 11) is -3.33. The van der Waals surface area contributed by atoms with Crippen LogP contribution in [0.2, 0.25) is 0 Å². The first kappa shape index (κ1) is 27.3. The number of nitrogen functional groups attached to an aromatic ring is 1. The number of ether oxygens (including phenoxy) is 1. The van der Waals surface area contributed by atoms with Gasteiger partial charge in [0.1, 0.15) is 17.6 Å². The molecule has 212 valence electrons. The molecular weight excluding hydrogens is 540 g/mol. The molecule has 0 aromatic carbocycles. The zero-order chi connectivity index (χ0) is 29.0. The van der Waals surface area contributed by atoms with Crippen LogP contribution in [0, 0.1) is 0 Å². The van der Waals surface area contributed by atoms with E-state index >= 15 is 0 Å². The highest BCUT2D eigenvalue weighted by atomic mass is 32.2. The maximum Gasteiger partial charge on any atom is 0.425 e. The van der Waals surface area contributed by atoms with Crippen molar-refractivity contribution >= 4 is 50.4 Å². The van der Waals surface area contributed by atoms with Gasteiger partial charge in [0.2, 0.25) is 10.0 Å². The molecule has 1 aliphatic heterocycles. The lowest BCUT2D eigenvalue weighted by atomic mass is 10.1. The number of hydrogen-bond acceptors (Lipinski definition) is 9. The van der Waals surface area contributed by atoms with Gasteiger partial charge >= 0.3 is 12.2 Å². The van der Waals surface area contributed by atoms with Gasteiger partial charge < -0.3 is 20.1 Å². The summed E-state index contributed by atoms with van der Waals surface area (Å²) in [5, 5.41) is 10.4. The molecule has 0 saturated carbocycles. The van der Waals surface area contributed by atoms with E-state index in [1.807, 2.05) is 10.8 Å². The second kappa shape index (κ2) is 9.75. The highest BCUT2D eigenvalue weighted by Crippen LogP contribution is 2.39. The minimum atomic E-state index is -3.33. The number of aromatic nitrogens is 5. The zero-order valence-corrected chi connectivity index (χ0v) is 23.3. The molecule has 5 rings (SSSR count). The average Bonchev–Trinajstić information content (AvgIpc) is 3.49. The van der Waals surface area contributed by atoms with E-state index in [2.05, 4.69) is 15.0 Å². The van der Waals surface area contributed by atoms with Crippen molar-refractivity contribution in [2.75, 3.05) is 30.0 Å². The lowest BCUT2D eigenvalue weighted by molar-refractivity contribution is 0.0581. The zero-order valence-electron chi connectivity index (χ0n) is 22.5. The topological polar surface area (TPSA) is 178 Å². The number of imide groups is 1. The van der Waals surface area contributed by atoms with E-state index in [1.54, 1.807) is 49.7 Å². The molecule has 0 radical (unpaired) electrons. The number of carbonyl (C=O) groups excluding carboxylic acids is 1. The molecule has 2 amide bonds. The van der Waals surface area contributed by atoms with Crippen LogP contribution in [0.3, 0.4) is 0 Å². The van der Waals surface area contributed by atoms with E-state index in [0.717, 1.165) is 0 Å². The van der Waals surface area contributed by atoms with Crippen molar-refractivity contribution in [1.29, 1.82) is 0 Å². The maximum absolute atomic E-state index is 13.1. The van der Waals surface area contributed by atoms with Gasteiger partial charge in [0.25, 0.3) is 0 Å². The normalized spacial score (nSPS) is 15.5. The summed E-state index contributed by atoms with van der Waals surface area (Å²) in [6.07, 6.45) is 5.86. The number of nitrogens with two attached hydrogens (primary N) is 1. The van der Waals surface area contributed by atoms with E-state index in [1.165, 1.54) is 16.9 Å². The van der Waals surface area contributed by atoms with Crippen molar-refractivity contribution in [3.8, 4) is 11.3 Å². The molecule has 1 aliphatic rings. The van der Waals surface area contributed by atoms with Crippen LogP contribution in [0.4, 0.5) is 21.1 Å². The third-order valence-corrected chi connectivity index (χ3v) is 8.01. The first-order valence-electron chi connectivity index (χ1n) is 12.5. The van der Waals surface area contributed by atoms with Crippen LogP contribution in [0.1, 0.15) is 39.7 Å². The number of amides is 2. The van der Waals surface area contributed by atoms with Crippen LogP contribution >= 0.6 is 0 Å². The number of hydrogen-bond donors (Lipinski definition) is 2. The fraction of sp³-hybridized carbons (Fsp3) is 0.400. The molecule has 0 unspecified atom stereocenters. The van der Waals surface area contributed by atoms with Gasteiger partial charge in [-0.2, -0.15) is 4.90 Å². The van der Waals surface area contributed by atoms with Gasteiger partial charge in [-0.25, -0.2) is 37.3 Å². The van der Waals surface area contributed by atoms with E-state index in [4.69, 9.17) is 10.5 Å². The van der Waals surface area contributed by atoms with Crippen molar-refractivity contribution < 1.29 is 27.9 Å². The van der Waals surface area contributed by atoms with Crippen molar-refractivity contribution in [3.63, 3.8) is 0 Å². The Morgan fingerprint density at radius 3 is 2.45 bits per heavy atom. The average molecular weight is 571 g/mol. The lowest BCUT2D eigenvalue weighted by Gasteiger charge is -2.31. The molecule has 40 heavy (non-hydrogen) atoms. The fourth-order valence-electron chi connectivity index (χ4n) is 4.98. The Morgan fingerprint density at radius 2 is 1.82 bits per heavy atom. The quantitative estimate of drug-likeness (QED) is 0.370. The van der Waals surface area contributed by atoms with Crippen molar-refractivity contribution in [3.05, 3.63) is 37.1 Å². The van der Waals surface area contributed by atoms with Crippen molar-refractivity contribution in [2.24, 2.45) is 0 Å². The summed E-state index contributed by atoms with van der Waals surface area (Å²) < 4.78 is 34.6. The van der Waals surface area contributed by atoms with Crippen LogP contribution in [-0.2, 0) is 14.8 Å². The third-order valence-electron chi connectivity index (χ3n) is 6.71. The van der Waals surface area contributed by atoms with Crippen LogP contribution in [0.25, 0.3) is 27.9 Å².